The Labute approximate surface area is 196 Å². The minimum atomic E-state index is -0.593. The van der Waals surface area contributed by atoms with Crippen molar-refractivity contribution >= 4 is 39.4 Å². The molecule has 34 heavy (non-hydrogen) atoms. The van der Waals surface area contributed by atoms with Gasteiger partial charge >= 0.3 is 0 Å². The molecule has 4 aromatic rings. The number of rotatable bonds is 7. The molecule has 0 aliphatic heterocycles. The van der Waals surface area contributed by atoms with Crippen LogP contribution in [0.3, 0.4) is 0 Å². The van der Waals surface area contributed by atoms with Crippen LogP contribution in [-0.4, -0.2) is 34.5 Å². The molecule has 1 amide bonds. The van der Waals surface area contributed by atoms with Gasteiger partial charge in [-0.05, 0) is 44.9 Å². The van der Waals surface area contributed by atoms with Gasteiger partial charge in [-0.15, -0.1) is 0 Å². The monoisotopic (exact) mass is 456 g/mol. The van der Waals surface area contributed by atoms with E-state index in [9.17, 15) is 10.1 Å². The summed E-state index contributed by atoms with van der Waals surface area (Å²) in [6.45, 7) is 3.91. The highest BCUT2D eigenvalue weighted by Crippen LogP contribution is 2.35. The van der Waals surface area contributed by atoms with Crippen LogP contribution in [0.15, 0.2) is 41.1 Å². The second kappa shape index (κ2) is 8.30. The van der Waals surface area contributed by atoms with Crippen molar-refractivity contribution in [1.29, 1.82) is 5.26 Å². The average Bonchev–Trinajstić information content (AvgIpc) is 3.61. The van der Waals surface area contributed by atoms with E-state index >= 15 is 0 Å². The van der Waals surface area contributed by atoms with Crippen molar-refractivity contribution < 1.29 is 13.9 Å². The number of ether oxygens (including phenoxy) is 1. The van der Waals surface area contributed by atoms with Crippen LogP contribution in [-0.2, 0) is 4.79 Å². The summed E-state index contributed by atoms with van der Waals surface area (Å²) in [4.78, 5) is 25.8. The highest BCUT2D eigenvalue weighted by atomic mass is 16.5. The van der Waals surface area contributed by atoms with Crippen LogP contribution in [0.5, 0.6) is 5.75 Å². The standard InChI is InChI=1S/C25H24N6O3/c1-25(2,12-26)13-33-15-6-7-20-19(8-15)30-24(34-20)18-11-29-22(27-3)17-10-28-21(9-16(17)18)31-23(32)14-4-5-14/h6-11,14H,4-5,13H2,1-3H3,(H,27,29)(H,28,31,32). The largest absolute Gasteiger partial charge is 0.492 e. The smallest absolute Gasteiger partial charge is 0.229 e. The van der Waals surface area contributed by atoms with Crippen LogP contribution in [0.2, 0.25) is 0 Å². The number of carbonyl (C=O) groups is 1. The second-order valence-corrected chi connectivity index (χ2v) is 9.08. The first-order valence-electron chi connectivity index (χ1n) is 11.1. The van der Waals surface area contributed by atoms with Crippen molar-refractivity contribution in [2.75, 3.05) is 24.3 Å². The Kier molecular flexibility index (Phi) is 5.28. The number of aromatic nitrogens is 3. The predicted octanol–water partition coefficient (Wildman–Crippen LogP) is 4.76. The summed E-state index contributed by atoms with van der Waals surface area (Å²) in [5.41, 5.74) is 1.32. The zero-order chi connectivity index (χ0) is 23.9. The molecule has 3 heterocycles. The third-order valence-electron chi connectivity index (χ3n) is 5.70. The summed E-state index contributed by atoms with van der Waals surface area (Å²) in [6.07, 6.45) is 5.21. The SMILES string of the molecule is CNc1ncc(-c2nc3cc(OCC(C)(C)C#N)ccc3o2)c2cc(NC(=O)C3CC3)ncc12. The molecule has 0 spiro atoms. The van der Waals surface area contributed by atoms with Gasteiger partial charge in [-0.2, -0.15) is 5.26 Å². The van der Waals surface area contributed by atoms with Crippen molar-refractivity contribution in [3.05, 3.63) is 36.7 Å². The number of anilines is 2. The molecule has 0 unspecified atom stereocenters. The molecule has 1 aliphatic rings. The Morgan fingerprint density at radius 3 is 2.79 bits per heavy atom. The van der Waals surface area contributed by atoms with Gasteiger partial charge in [0.2, 0.25) is 11.8 Å². The van der Waals surface area contributed by atoms with Gasteiger partial charge in [-0.3, -0.25) is 4.79 Å². The van der Waals surface area contributed by atoms with Crippen LogP contribution in [0.4, 0.5) is 11.6 Å². The first-order chi connectivity index (χ1) is 16.4. The summed E-state index contributed by atoms with van der Waals surface area (Å²) in [5, 5.41) is 16.8. The highest BCUT2D eigenvalue weighted by Gasteiger charge is 2.30. The fourth-order valence-corrected chi connectivity index (χ4v) is 3.56. The van der Waals surface area contributed by atoms with Crippen molar-refractivity contribution in [3.8, 4) is 23.3 Å². The molecule has 172 valence electrons. The van der Waals surface area contributed by atoms with E-state index in [4.69, 9.17) is 9.15 Å². The van der Waals surface area contributed by atoms with Gasteiger partial charge in [-0.25, -0.2) is 15.0 Å². The molecule has 9 nitrogen and oxygen atoms in total. The minimum Gasteiger partial charge on any atom is -0.492 e. The predicted molar refractivity (Wildman–Crippen MR) is 128 cm³/mol. The molecule has 2 N–H and O–H groups in total. The van der Waals surface area contributed by atoms with Crippen molar-refractivity contribution in [2.24, 2.45) is 11.3 Å². The van der Waals surface area contributed by atoms with E-state index in [0.29, 0.717) is 39.9 Å². The summed E-state index contributed by atoms with van der Waals surface area (Å²) in [5.74, 6) is 2.22. The van der Waals surface area contributed by atoms with Crippen molar-refractivity contribution in [3.63, 3.8) is 0 Å². The summed E-state index contributed by atoms with van der Waals surface area (Å²) in [6, 6.07) is 9.42. The quantitative estimate of drug-likeness (QED) is 0.408. The van der Waals surface area contributed by atoms with Gasteiger partial charge in [0.05, 0.1) is 17.0 Å². The lowest BCUT2D eigenvalue weighted by molar-refractivity contribution is -0.117. The fourth-order valence-electron chi connectivity index (χ4n) is 3.56. The molecule has 1 aromatic carbocycles. The molecule has 5 rings (SSSR count). The van der Waals surface area contributed by atoms with E-state index in [1.165, 1.54) is 0 Å². The van der Waals surface area contributed by atoms with Crippen LogP contribution in [0.1, 0.15) is 26.7 Å². The van der Waals surface area contributed by atoms with Gasteiger partial charge in [0.15, 0.2) is 5.58 Å². The van der Waals surface area contributed by atoms with E-state index in [-0.39, 0.29) is 18.4 Å². The number of pyridine rings is 2. The van der Waals surface area contributed by atoms with Crippen LogP contribution in [0, 0.1) is 22.7 Å². The third-order valence-corrected chi connectivity index (χ3v) is 5.70. The maximum absolute atomic E-state index is 12.2. The number of benzene rings is 1. The molecule has 9 heteroatoms. The van der Waals surface area contributed by atoms with E-state index in [2.05, 4.69) is 31.7 Å². The molecular formula is C25H24N6O3. The minimum absolute atomic E-state index is 0.00902. The van der Waals surface area contributed by atoms with Crippen molar-refractivity contribution in [2.45, 2.75) is 26.7 Å². The number of nitrogens with one attached hydrogen (secondary N) is 2. The first-order valence-corrected chi connectivity index (χ1v) is 11.1. The lowest BCUT2D eigenvalue weighted by atomic mass is 9.98. The zero-order valence-corrected chi connectivity index (χ0v) is 19.2. The Balaban J connectivity index is 1.52. The van der Waals surface area contributed by atoms with E-state index in [1.54, 1.807) is 37.6 Å². The third kappa shape index (κ3) is 4.22. The highest BCUT2D eigenvalue weighted by molar-refractivity contribution is 6.03. The maximum atomic E-state index is 12.2. The van der Waals surface area contributed by atoms with Gasteiger partial charge in [0.25, 0.3) is 0 Å². The lowest BCUT2D eigenvalue weighted by Crippen LogP contribution is -2.18. The van der Waals surface area contributed by atoms with E-state index in [1.807, 2.05) is 19.9 Å². The number of amides is 1. The Morgan fingerprint density at radius 2 is 2.06 bits per heavy atom. The van der Waals surface area contributed by atoms with Crippen molar-refractivity contribution in [1.82, 2.24) is 15.0 Å². The van der Waals surface area contributed by atoms with Gasteiger partial charge in [-0.1, -0.05) is 0 Å². The number of oxazole rings is 1. The maximum Gasteiger partial charge on any atom is 0.229 e. The summed E-state index contributed by atoms with van der Waals surface area (Å²) < 4.78 is 11.8. The Hall–Kier alpha value is -4.19. The normalized spacial score (nSPS) is 13.6. The number of fused-ring (bicyclic) bond motifs is 2. The number of hydrogen-bond donors (Lipinski definition) is 2. The van der Waals surface area contributed by atoms with E-state index in [0.717, 1.165) is 23.6 Å². The molecule has 0 saturated heterocycles. The number of carbonyl (C=O) groups excluding carboxylic acids is 1. The van der Waals surface area contributed by atoms with Gasteiger partial charge in [0, 0.05) is 42.2 Å². The molecular weight excluding hydrogens is 432 g/mol. The summed E-state index contributed by atoms with van der Waals surface area (Å²) in [7, 11) is 1.79. The topological polar surface area (TPSA) is 126 Å². The molecule has 1 saturated carbocycles. The zero-order valence-electron chi connectivity index (χ0n) is 19.2. The molecule has 0 radical (unpaired) electrons. The lowest BCUT2D eigenvalue weighted by Gasteiger charge is -2.15. The number of nitrogens with zero attached hydrogens (tertiary/aromatic N) is 4. The van der Waals surface area contributed by atoms with Gasteiger partial charge in [0.1, 0.15) is 29.5 Å². The van der Waals surface area contributed by atoms with Gasteiger partial charge < -0.3 is 19.8 Å². The Morgan fingerprint density at radius 1 is 1.24 bits per heavy atom. The molecule has 3 aromatic heterocycles. The van der Waals surface area contributed by atoms with E-state index < -0.39 is 5.41 Å². The first kappa shape index (κ1) is 21.6. The Bertz CT molecular complexity index is 1450. The number of nitriles is 1. The second-order valence-electron chi connectivity index (χ2n) is 9.08. The molecule has 0 atom stereocenters. The van der Waals surface area contributed by atoms with Crippen LogP contribution < -0.4 is 15.4 Å². The van der Waals surface area contributed by atoms with Crippen LogP contribution >= 0.6 is 0 Å². The molecule has 0 bridgehead atoms. The molecule has 1 fully saturated rings. The number of hydrogen-bond acceptors (Lipinski definition) is 8. The molecule has 1 aliphatic carbocycles. The summed E-state index contributed by atoms with van der Waals surface area (Å²) >= 11 is 0. The average molecular weight is 457 g/mol. The van der Waals surface area contributed by atoms with Crippen LogP contribution in [0.25, 0.3) is 33.3 Å². The fraction of sp³-hybridized carbons (Fsp3) is 0.320.